The molecule has 13 heavy (non-hydrogen) atoms. The van der Waals surface area contributed by atoms with Gasteiger partial charge in [-0.25, -0.2) is 4.98 Å². The number of thiazole rings is 1. The Hall–Kier alpha value is -1.13. The van der Waals surface area contributed by atoms with Gasteiger partial charge in [0.05, 0.1) is 11.4 Å². The van der Waals surface area contributed by atoms with Crippen LogP contribution < -0.4 is 5.73 Å². The van der Waals surface area contributed by atoms with E-state index < -0.39 is 0 Å². The Balaban J connectivity index is 2.57. The van der Waals surface area contributed by atoms with Crippen LogP contribution in [0.2, 0.25) is 0 Å². The molecule has 2 aromatic heterocycles. The molecule has 0 radical (unpaired) electrons. The second kappa shape index (κ2) is 3.32. The summed E-state index contributed by atoms with van der Waals surface area (Å²) in [5.41, 5.74) is 7.58. The first kappa shape index (κ1) is 8.47. The number of rotatable bonds is 2. The standard InChI is InChI=1S/C9H11N3S/c1-7-8(3-2-4-10)12-5-6-13-9(12)11-7/h2-3,5-6H,4,10H2,1H3/b3-2+. The lowest BCUT2D eigenvalue weighted by Gasteiger charge is -1.91. The second-order valence-corrected chi connectivity index (χ2v) is 3.65. The summed E-state index contributed by atoms with van der Waals surface area (Å²) < 4.78 is 2.08. The summed E-state index contributed by atoms with van der Waals surface area (Å²) in [6, 6.07) is 0. The molecule has 2 heterocycles. The minimum Gasteiger partial charge on any atom is -0.327 e. The molecule has 4 heteroatoms. The van der Waals surface area contributed by atoms with E-state index in [1.807, 2.05) is 30.7 Å². The molecule has 0 saturated carbocycles. The van der Waals surface area contributed by atoms with Crippen molar-refractivity contribution >= 4 is 22.4 Å². The van der Waals surface area contributed by atoms with Crippen molar-refractivity contribution in [1.82, 2.24) is 9.38 Å². The smallest absolute Gasteiger partial charge is 0.194 e. The van der Waals surface area contributed by atoms with Gasteiger partial charge in [-0.05, 0) is 13.0 Å². The van der Waals surface area contributed by atoms with Crippen molar-refractivity contribution in [3.63, 3.8) is 0 Å². The molecule has 0 bridgehead atoms. The Labute approximate surface area is 80.5 Å². The van der Waals surface area contributed by atoms with Crippen molar-refractivity contribution in [2.45, 2.75) is 6.92 Å². The Morgan fingerprint density at radius 3 is 3.31 bits per heavy atom. The molecular formula is C9H11N3S. The van der Waals surface area contributed by atoms with Gasteiger partial charge in [-0.3, -0.25) is 4.40 Å². The zero-order chi connectivity index (χ0) is 9.26. The Bertz CT molecular complexity index is 439. The van der Waals surface area contributed by atoms with Crippen LogP contribution in [0.5, 0.6) is 0 Å². The molecular weight excluding hydrogens is 182 g/mol. The maximum Gasteiger partial charge on any atom is 0.194 e. The molecule has 0 fully saturated rings. The van der Waals surface area contributed by atoms with E-state index in [0.29, 0.717) is 6.54 Å². The first-order valence-corrected chi connectivity index (χ1v) is 4.99. The normalized spacial score (nSPS) is 11.8. The highest BCUT2D eigenvalue weighted by Gasteiger charge is 2.05. The summed E-state index contributed by atoms with van der Waals surface area (Å²) in [6.45, 7) is 2.58. The van der Waals surface area contributed by atoms with Crippen molar-refractivity contribution in [2.24, 2.45) is 5.73 Å². The molecule has 0 aliphatic carbocycles. The molecule has 0 aromatic carbocycles. The van der Waals surface area contributed by atoms with Crippen molar-refractivity contribution < 1.29 is 0 Å². The van der Waals surface area contributed by atoms with Crippen LogP contribution in [0.3, 0.4) is 0 Å². The average molecular weight is 193 g/mol. The predicted octanol–water partition coefficient (Wildman–Crippen LogP) is 1.68. The number of hydrogen-bond acceptors (Lipinski definition) is 3. The van der Waals surface area contributed by atoms with E-state index in [4.69, 9.17) is 5.73 Å². The molecule has 0 amide bonds. The molecule has 0 aliphatic rings. The van der Waals surface area contributed by atoms with Gasteiger partial charge in [0.25, 0.3) is 0 Å². The van der Waals surface area contributed by atoms with Crippen LogP contribution in [0, 0.1) is 6.92 Å². The van der Waals surface area contributed by atoms with Gasteiger partial charge in [0.2, 0.25) is 0 Å². The van der Waals surface area contributed by atoms with Gasteiger partial charge in [-0.1, -0.05) is 6.08 Å². The van der Waals surface area contributed by atoms with E-state index >= 15 is 0 Å². The fourth-order valence-corrected chi connectivity index (χ4v) is 2.06. The molecule has 0 atom stereocenters. The van der Waals surface area contributed by atoms with Crippen LogP contribution in [0.1, 0.15) is 11.4 Å². The van der Waals surface area contributed by atoms with Crippen molar-refractivity contribution in [1.29, 1.82) is 0 Å². The Morgan fingerprint density at radius 2 is 2.54 bits per heavy atom. The molecule has 0 saturated heterocycles. The van der Waals surface area contributed by atoms with Gasteiger partial charge >= 0.3 is 0 Å². The maximum absolute atomic E-state index is 5.40. The zero-order valence-corrected chi connectivity index (χ0v) is 8.21. The first-order valence-electron chi connectivity index (χ1n) is 4.11. The minimum absolute atomic E-state index is 0.566. The molecule has 2 rings (SSSR count). The highest BCUT2D eigenvalue weighted by atomic mass is 32.1. The number of aryl methyl sites for hydroxylation is 1. The van der Waals surface area contributed by atoms with Crippen LogP contribution in [-0.2, 0) is 0 Å². The molecule has 2 aromatic rings. The quantitative estimate of drug-likeness (QED) is 0.788. The largest absolute Gasteiger partial charge is 0.327 e. The van der Waals surface area contributed by atoms with Crippen LogP contribution in [0.15, 0.2) is 17.7 Å². The van der Waals surface area contributed by atoms with Crippen molar-refractivity contribution in [3.05, 3.63) is 29.0 Å². The zero-order valence-electron chi connectivity index (χ0n) is 7.40. The van der Waals surface area contributed by atoms with Crippen LogP contribution in [-0.4, -0.2) is 15.9 Å². The third-order valence-corrected chi connectivity index (χ3v) is 2.65. The lowest BCUT2D eigenvalue weighted by atomic mass is 10.3. The van der Waals surface area contributed by atoms with Crippen molar-refractivity contribution in [3.8, 4) is 0 Å². The molecule has 0 aliphatic heterocycles. The average Bonchev–Trinajstić information content (AvgIpc) is 2.62. The third kappa shape index (κ3) is 1.38. The first-order chi connectivity index (χ1) is 6.33. The molecule has 2 N–H and O–H groups in total. The minimum atomic E-state index is 0.566. The van der Waals surface area contributed by atoms with Crippen molar-refractivity contribution in [2.75, 3.05) is 6.54 Å². The van der Waals surface area contributed by atoms with E-state index in [9.17, 15) is 0 Å². The predicted molar refractivity (Wildman–Crippen MR) is 55.9 cm³/mol. The second-order valence-electron chi connectivity index (χ2n) is 2.78. The van der Waals surface area contributed by atoms with Gasteiger partial charge in [-0.15, -0.1) is 11.3 Å². The molecule has 3 nitrogen and oxygen atoms in total. The van der Waals surface area contributed by atoms with Crippen LogP contribution >= 0.6 is 11.3 Å². The fourth-order valence-electron chi connectivity index (χ4n) is 1.29. The number of fused-ring (bicyclic) bond motifs is 1. The fraction of sp³-hybridized carbons (Fsp3) is 0.222. The van der Waals surface area contributed by atoms with E-state index in [1.54, 1.807) is 11.3 Å². The summed E-state index contributed by atoms with van der Waals surface area (Å²) in [7, 11) is 0. The lowest BCUT2D eigenvalue weighted by molar-refractivity contribution is 1.18. The molecule has 68 valence electrons. The van der Waals surface area contributed by atoms with Crippen LogP contribution in [0.25, 0.3) is 11.0 Å². The maximum atomic E-state index is 5.40. The van der Waals surface area contributed by atoms with Gasteiger partial charge in [-0.2, -0.15) is 0 Å². The Morgan fingerprint density at radius 1 is 1.69 bits per heavy atom. The summed E-state index contributed by atoms with van der Waals surface area (Å²) in [6.07, 6.45) is 5.98. The number of imidazole rings is 1. The van der Waals surface area contributed by atoms with E-state index in [2.05, 4.69) is 9.38 Å². The summed E-state index contributed by atoms with van der Waals surface area (Å²) in [4.78, 5) is 5.45. The van der Waals surface area contributed by atoms with Crippen LogP contribution in [0.4, 0.5) is 0 Å². The third-order valence-electron chi connectivity index (χ3n) is 1.89. The van der Waals surface area contributed by atoms with Gasteiger partial charge in [0.1, 0.15) is 0 Å². The van der Waals surface area contributed by atoms with E-state index in [0.717, 1.165) is 16.3 Å². The topological polar surface area (TPSA) is 43.3 Å². The molecule has 0 spiro atoms. The monoisotopic (exact) mass is 193 g/mol. The Kier molecular flexibility index (Phi) is 2.16. The lowest BCUT2D eigenvalue weighted by Crippen LogP contribution is -1.93. The summed E-state index contributed by atoms with van der Waals surface area (Å²) in [5.74, 6) is 0. The van der Waals surface area contributed by atoms with Gasteiger partial charge in [0, 0.05) is 18.1 Å². The van der Waals surface area contributed by atoms with Gasteiger partial charge < -0.3 is 5.73 Å². The highest BCUT2D eigenvalue weighted by Crippen LogP contribution is 2.17. The van der Waals surface area contributed by atoms with E-state index in [1.165, 1.54) is 0 Å². The van der Waals surface area contributed by atoms with E-state index in [-0.39, 0.29) is 0 Å². The number of aromatic nitrogens is 2. The summed E-state index contributed by atoms with van der Waals surface area (Å²) in [5, 5.41) is 2.03. The summed E-state index contributed by atoms with van der Waals surface area (Å²) >= 11 is 1.64. The number of nitrogens with zero attached hydrogens (tertiary/aromatic N) is 2. The number of nitrogens with two attached hydrogens (primary N) is 1. The highest BCUT2D eigenvalue weighted by molar-refractivity contribution is 7.15. The molecule has 0 unspecified atom stereocenters. The SMILES string of the molecule is Cc1nc2sccn2c1/C=C/CN. The number of hydrogen-bond donors (Lipinski definition) is 1. The van der Waals surface area contributed by atoms with Gasteiger partial charge in [0.15, 0.2) is 4.96 Å².